The van der Waals surface area contributed by atoms with Gasteiger partial charge in [0.1, 0.15) is 11.6 Å². The van der Waals surface area contributed by atoms with Crippen LogP contribution in [0.1, 0.15) is 19.4 Å². The Morgan fingerprint density at radius 3 is 2.62 bits per heavy atom. The van der Waals surface area contributed by atoms with Crippen molar-refractivity contribution in [3.8, 4) is 5.75 Å². The van der Waals surface area contributed by atoms with Gasteiger partial charge in [-0.3, -0.25) is 0 Å². The summed E-state index contributed by atoms with van der Waals surface area (Å²) in [6.45, 7) is 5.07. The van der Waals surface area contributed by atoms with Gasteiger partial charge >= 0.3 is 0 Å². The molecule has 0 radical (unpaired) electrons. The molecule has 0 fully saturated rings. The van der Waals surface area contributed by atoms with Gasteiger partial charge in [-0.1, -0.05) is 0 Å². The molecule has 90 valence electrons. The van der Waals surface area contributed by atoms with Crippen molar-refractivity contribution in [2.75, 3.05) is 13.7 Å². The molecule has 0 bridgehead atoms. The van der Waals surface area contributed by atoms with Crippen LogP contribution < -0.4 is 5.32 Å². The zero-order valence-corrected chi connectivity index (χ0v) is 9.88. The third kappa shape index (κ3) is 4.16. The lowest BCUT2D eigenvalue weighted by atomic mass is 10.1. The first-order chi connectivity index (χ1) is 7.43. The number of hydrogen-bond acceptors (Lipinski definition) is 3. The first kappa shape index (κ1) is 12.9. The summed E-state index contributed by atoms with van der Waals surface area (Å²) in [5.41, 5.74) is 0.458. The lowest BCUT2D eigenvalue weighted by molar-refractivity contribution is 0.0230. The highest BCUT2D eigenvalue weighted by atomic mass is 19.1. The zero-order valence-electron chi connectivity index (χ0n) is 9.88. The molecule has 0 unspecified atom stereocenters. The summed E-state index contributed by atoms with van der Waals surface area (Å²) in [5.74, 6) is -0.481. The third-order valence-corrected chi connectivity index (χ3v) is 2.37. The maximum Gasteiger partial charge on any atom is 0.127 e. The number of ether oxygens (including phenoxy) is 1. The minimum absolute atomic E-state index is 0.0530. The van der Waals surface area contributed by atoms with Crippen LogP contribution in [-0.2, 0) is 11.3 Å². The summed E-state index contributed by atoms with van der Waals surface area (Å²) in [5, 5.41) is 12.4. The van der Waals surface area contributed by atoms with Crippen LogP contribution in [0.4, 0.5) is 4.39 Å². The quantitative estimate of drug-likeness (QED) is 0.809. The molecule has 1 aromatic carbocycles. The van der Waals surface area contributed by atoms with Gasteiger partial charge < -0.3 is 15.2 Å². The van der Waals surface area contributed by atoms with Crippen molar-refractivity contribution in [3.63, 3.8) is 0 Å². The van der Waals surface area contributed by atoms with E-state index in [4.69, 9.17) is 4.74 Å². The van der Waals surface area contributed by atoms with E-state index in [0.29, 0.717) is 18.7 Å². The first-order valence-electron chi connectivity index (χ1n) is 5.17. The van der Waals surface area contributed by atoms with Gasteiger partial charge in [-0.05, 0) is 31.5 Å². The van der Waals surface area contributed by atoms with Crippen molar-refractivity contribution >= 4 is 0 Å². The number of rotatable bonds is 5. The minimum Gasteiger partial charge on any atom is -0.508 e. The van der Waals surface area contributed by atoms with E-state index in [1.54, 1.807) is 7.11 Å². The molecule has 4 heteroatoms. The summed E-state index contributed by atoms with van der Waals surface area (Å²) in [6, 6.07) is 4.02. The SMILES string of the molecule is COC(C)(C)CNCc1cc(O)cc(F)c1. The molecule has 0 aliphatic carbocycles. The lowest BCUT2D eigenvalue weighted by Crippen LogP contribution is -2.36. The van der Waals surface area contributed by atoms with Crippen LogP contribution in [0.15, 0.2) is 18.2 Å². The molecule has 0 atom stereocenters. The Bertz CT molecular complexity index is 333. The van der Waals surface area contributed by atoms with Gasteiger partial charge in [0.15, 0.2) is 0 Å². The molecule has 0 spiro atoms. The molecular weight excluding hydrogens is 209 g/mol. The smallest absolute Gasteiger partial charge is 0.127 e. The van der Waals surface area contributed by atoms with Gasteiger partial charge in [0.2, 0.25) is 0 Å². The second kappa shape index (κ2) is 5.27. The van der Waals surface area contributed by atoms with Crippen molar-refractivity contribution in [2.24, 2.45) is 0 Å². The van der Waals surface area contributed by atoms with Gasteiger partial charge in [0, 0.05) is 26.3 Å². The summed E-state index contributed by atoms with van der Waals surface area (Å²) in [4.78, 5) is 0. The number of phenolic OH excluding ortho intramolecular Hbond substituents is 1. The molecule has 0 saturated carbocycles. The fourth-order valence-corrected chi connectivity index (χ4v) is 1.32. The van der Waals surface area contributed by atoms with Gasteiger partial charge in [-0.2, -0.15) is 0 Å². The second-order valence-electron chi connectivity index (χ2n) is 4.39. The fourth-order valence-electron chi connectivity index (χ4n) is 1.32. The molecule has 3 nitrogen and oxygen atoms in total. The number of aromatic hydroxyl groups is 1. The van der Waals surface area contributed by atoms with Gasteiger partial charge in [-0.25, -0.2) is 4.39 Å². The Balaban J connectivity index is 2.49. The minimum atomic E-state index is -0.428. The van der Waals surface area contributed by atoms with E-state index < -0.39 is 5.82 Å². The molecule has 0 heterocycles. The molecule has 0 aliphatic rings. The van der Waals surface area contributed by atoms with Crippen molar-refractivity contribution in [1.82, 2.24) is 5.32 Å². The topological polar surface area (TPSA) is 41.5 Å². The van der Waals surface area contributed by atoms with E-state index in [2.05, 4.69) is 5.32 Å². The number of nitrogens with one attached hydrogen (secondary N) is 1. The highest BCUT2D eigenvalue weighted by Gasteiger charge is 2.15. The van der Waals surface area contributed by atoms with Crippen LogP contribution in [0.2, 0.25) is 0 Å². The summed E-state index contributed by atoms with van der Waals surface area (Å²) in [7, 11) is 1.65. The molecule has 16 heavy (non-hydrogen) atoms. The zero-order chi connectivity index (χ0) is 12.2. The van der Waals surface area contributed by atoms with Crippen molar-refractivity contribution in [3.05, 3.63) is 29.6 Å². The number of methoxy groups -OCH3 is 1. The Hall–Kier alpha value is -1.13. The second-order valence-corrected chi connectivity index (χ2v) is 4.39. The highest BCUT2D eigenvalue weighted by Crippen LogP contribution is 2.14. The van der Waals surface area contributed by atoms with Crippen LogP contribution >= 0.6 is 0 Å². The van der Waals surface area contributed by atoms with Crippen LogP contribution in [-0.4, -0.2) is 24.4 Å². The molecule has 0 aromatic heterocycles. The van der Waals surface area contributed by atoms with Gasteiger partial charge in [0.25, 0.3) is 0 Å². The molecule has 0 saturated heterocycles. The van der Waals surface area contributed by atoms with Crippen molar-refractivity contribution in [2.45, 2.75) is 26.0 Å². The number of hydrogen-bond donors (Lipinski definition) is 2. The normalized spacial score (nSPS) is 11.8. The molecule has 0 aliphatic heterocycles. The highest BCUT2D eigenvalue weighted by molar-refractivity contribution is 5.28. The Morgan fingerprint density at radius 1 is 1.38 bits per heavy atom. The van der Waals surface area contributed by atoms with E-state index in [1.165, 1.54) is 12.1 Å². The van der Waals surface area contributed by atoms with E-state index in [1.807, 2.05) is 13.8 Å². The predicted molar refractivity (Wildman–Crippen MR) is 60.9 cm³/mol. The standard InChI is InChI=1S/C12H18FNO2/c1-12(2,16-3)8-14-7-9-4-10(13)6-11(15)5-9/h4-6,14-15H,7-8H2,1-3H3. The Labute approximate surface area is 95.2 Å². The lowest BCUT2D eigenvalue weighted by Gasteiger charge is -2.23. The number of halogens is 1. The van der Waals surface area contributed by atoms with Crippen molar-refractivity contribution < 1.29 is 14.2 Å². The van der Waals surface area contributed by atoms with Gasteiger partial charge in [-0.15, -0.1) is 0 Å². The van der Waals surface area contributed by atoms with Crippen LogP contribution in [0.5, 0.6) is 5.75 Å². The van der Waals surface area contributed by atoms with E-state index in [-0.39, 0.29) is 11.4 Å². The maximum atomic E-state index is 12.9. The average Bonchev–Trinajstić information content (AvgIpc) is 2.16. The van der Waals surface area contributed by atoms with E-state index in [9.17, 15) is 9.50 Å². The maximum absolute atomic E-state index is 12.9. The molecule has 0 amide bonds. The fraction of sp³-hybridized carbons (Fsp3) is 0.500. The third-order valence-electron chi connectivity index (χ3n) is 2.37. The molecule has 1 rings (SSSR count). The number of phenols is 1. The number of benzene rings is 1. The summed E-state index contributed by atoms with van der Waals surface area (Å²) >= 11 is 0. The van der Waals surface area contributed by atoms with Crippen LogP contribution in [0, 0.1) is 5.82 Å². The molecule has 1 aromatic rings. The van der Waals surface area contributed by atoms with Crippen LogP contribution in [0.25, 0.3) is 0 Å². The first-order valence-corrected chi connectivity index (χ1v) is 5.17. The predicted octanol–water partition coefficient (Wildman–Crippen LogP) is 2.05. The Kier molecular flexibility index (Phi) is 4.26. The van der Waals surface area contributed by atoms with E-state index >= 15 is 0 Å². The average molecular weight is 227 g/mol. The largest absolute Gasteiger partial charge is 0.508 e. The summed E-state index contributed by atoms with van der Waals surface area (Å²) in [6.07, 6.45) is 0. The van der Waals surface area contributed by atoms with Gasteiger partial charge in [0.05, 0.1) is 5.60 Å². The molecular formula is C12H18FNO2. The monoisotopic (exact) mass is 227 g/mol. The Morgan fingerprint density at radius 2 is 2.06 bits per heavy atom. The van der Waals surface area contributed by atoms with E-state index in [0.717, 1.165) is 6.07 Å². The van der Waals surface area contributed by atoms with Crippen molar-refractivity contribution in [1.29, 1.82) is 0 Å². The van der Waals surface area contributed by atoms with Crippen LogP contribution in [0.3, 0.4) is 0 Å². The summed E-state index contributed by atoms with van der Waals surface area (Å²) < 4.78 is 18.2. The molecule has 2 N–H and O–H groups in total.